The Labute approximate surface area is 124 Å². The predicted octanol–water partition coefficient (Wildman–Crippen LogP) is 1.69. The van der Waals surface area contributed by atoms with Crippen LogP contribution in [-0.4, -0.2) is 60.3 Å². The van der Waals surface area contributed by atoms with Gasteiger partial charge in [-0.05, 0) is 13.8 Å². The molecule has 0 spiro atoms. The zero-order valence-corrected chi connectivity index (χ0v) is 12.9. The van der Waals surface area contributed by atoms with Gasteiger partial charge in [0.25, 0.3) is 0 Å². The third kappa shape index (κ3) is 3.50. The minimum Gasteiger partial charge on any atom is -0.383 e. The Balaban J connectivity index is 2.03. The van der Waals surface area contributed by atoms with E-state index in [1.807, 2.05) is 7.05 Å². The summed E-state index contributed by atoms with van der Waals surface area (Å²) in [5.41, 5.74) is 0.732. The smallest absolute Gasteiger partial charge is 0.157 e. The standard InChI is InChI=1S/C13H22ClN5O/c1-9(10(2)19-4-6-20-7-5-19)18-13-11(15-3)12(14)16-8-17-13/h8-10,15H,4-7H2,1-3H3,(H,16,17,18). The second-order valence-corrected chi connectivity index (χ2v) is 5.32. The Bertz CT molecular complexity index is 439. The molecule has 1 aliphatic heterocycles. The summed E-state index contributed by atoms with van der Waals surface area (Å²) in [5, 5.41) is 6.88. The Morgan fingerprint density at radius 3 is 2.65 bits per heavy atom. The lowest BCUT2D eigenvalue weighted by Gasteiger charge is -2.36. The molecule has 1 saturated heterocycles. The molecule has 1 aromatic heterocycles. The molecule has 2 N–H and O–H groups in total. The average Bonchev–Trinajstić information content (AvgIpc) is 2.47. The molecule has 112 valence electrons. The topological polar surface area (TPSA) is 62.3 Å². The first-order valence-electron chi connectivity index (χ1n) is 6.90. The molecule has 0 saturated carbocycles. The summed E-state index contributed by atoms with van der Waals surface area (Å²) in [6.07, 6.45) is 1.47. The highest BCUT2D eigenvalue weighted by atomic mass is 35.5. The first-order chi connectivity index (χ1) is 9.63. The van der Waals surface area contributed by atoms with Gasteiger partial charge < -0.3 is 15.4 Å². The normalized spacial score (nSPS) is 19.4. The number of nitrogens with one attached hydrogen (secondary N) is 2. The SMILES string of the molecule is CNc1c(Cl)ncnc1NC(C)C(C)N1CCOCC1. The van der Waals surface area contributed by atoms with Crippen molar-refractivity contribution in [3.63, 3.8) is 0 Å². The fourth-order valence-corrected chi connectivity index (χ4v) is 2.56. The third-order valence-corrected chi connectivity index (χ3v) is 4.05. The van der Waals surface area contributed by atoms with E-state index in [-0.39, 0.29) is 6.04 Å². The number of anilines is 2. The summed E-state index contributed by atoms with van der Waals surface area (Å²) in [6, 6.07) is 0.628. The van der Waals surface area contributed by atoms with E-state index in [0.717, 1.165) is 37.8 Å². The zero-order valence-electron chi connectivity index (χ0n) is 12.2. The van der Waals surface area contributed by atoms with Crippen LogP contribution in [0.5, 0.6) is 0 Å². The fraction of sp³-hybridized carbons (Fsp3) is 0.692. The highest BCUT2D eigenvalue weighted by Gasteiger charge is 2.23. The molecular formula is C13H22ClN5O. The van der Waals surface area contributed by atoms with Crippen LogP contribution in [0.1, 0.15) is 13.8 Å². The minimum atomic E-state index is 0.242. The minimum absolute atomic E-state index is 0.242. The van der Waals surface area contributed by atoms with Gasteiger partial charge in [0.05, 0.1) is 13.2 Å². The van der Waals surface area contributed by atoms with Crippen LogP contribution in [0.2, 0.25) is 5.15 Å². The molecule has 2 atom stereocenters. The van der Waals surface area contributed by atoms with Gasteiger partial charge in [-0.15, -0.1) is 0 Å². The number of ether oxygens (including phenoxy) is 1. The van der Waals surface area contributed by atoms with E-state index in [1.165, 1.54) is 6.33 Å². The second-order valence-electron chi connectivity index (χ2n) is 4.96. The summed E-state index contributed by atoms with van der Waals surface area (Å²) in [6.45, 7) is 7.91. The Morgan fingerprint density at radius 1 is 1.30 bits per heavy atom. The van der Waals surface area contributed by atoms with Crippen molar-refractivity contribution in [2.24, 2.45) is 0 Å². The van der Waals surface area contributed by atoms with Crippen LogP contribution in [0, 0.1) is 0 Å². The molecule has 6 nitrogen and oxygen atoms in total. The lowest BCUT2D eigenvalue weighted by atomic mass is 10.1. The lowest BCUT2D eigenvalue weighted by Crippen LogP contribution is -2.48. The van der Waals surface area contributed by atoms with E-state index >= 15 is 0 Å². The highest BCUT2D eigenvalue weighted by Crippen LogP contribution is 2.26. The van der Waals surface area contributed by atoms with Crippen molar-refractivity contribution < 1.29 is 4.74 Å². The second kappa shape index (κ2) is 7.06. The van der Waals surface area contributed by atoms with E-state index in [1.54, 1.807) is 0 Å². The van der Waals surface area contributed by atoms with Crippen LogP contribution in [-0.2, 0) is 4.74 Å². The Hall–Kier alpha value is -1.11. The number of halogens is 1. The van der Waals surface area contributed by atoms with Crippen molar-refractivity contribution in [2.45, 2.75) is 25.9 Å². The van der Waals surface area contributed by atoms with Gasteiger partial charge in [0, 0.05) is 32.2 Å². The van der Waals surface area contributed by atoms with Gasteiger partial charge in [0.1, 0.15) is 12.0 Å². The number of nitrogens with zero attached hydrogens (tertiary/aromatic N) is 3. The summed E-state index contributed by atoms with van der Waals surface area (Å²) in [4.78, 5) is 10.7. The van der Waals surface area contributed by atoms with E-state index < -0.39 is 0 Å². The predicted molar refractivity (Wildman–Crippen MR) is 81.5 cm³/mol. The lowest BCUT2D eigenvalue weighted by molar-refractivity contribution is 0.0176. The Morgan fingerprint density at radius 2 is 2.00 bits per heavy atom. The van der Waals surface area contributed by atoms with Crippen molar-refractivity contribution in [2.75, 3.05) is 44.0 Å². The van der Waals surface area contributed by atoms with E-state index in [4.69, 9.17) is 16.3 Å². The molecule has 1 aliphatic rings. The molecule has 20 heavy (non-hydrogen) atoms. The molecule has 0 amide bonds. The first kappa shape index (κ1) is 15.3. The molecule has 0 aliphatic carbocycles. The number of hydrogen-bond acceptors (Lipinski definition) is 6. The number of morpholine rings is 1. The van der Waals surface area contributed by atoms with Crippen LogP contribution >= 0.6 is 11.6 Å². The summed E-state index contributed by atoms with van der Waals surface area (Å²) in [5.74, 6) is 0.736. The molecule has 2 rings (SSSR count). The molecule has 0 radical (unpaired) electrons. The Kier molecular flexibility index (Phi) is 5.39. The molecule has 1 aromatic rings. The molecule has 1 fully saturated rings. The van der Waals surface area contributed by atoms with Gasteiger partial charge >= 0.3 is 0 Å². The van der Waals surface area contributed by atoms with E-state index in [0.29, 0.717) is 11.2 Å². The maximum atomic E-state index is 6.06. The summed E-state index contributed by atoms with van der Waals surface area (Å²) >= 11 is 6.06. The molecule has 7 heteroatoms. The van der Waals surface area contributed by atoms with Crippen LogP contribution in [0.4, 0.5) is 11.5 Å². The van der Waals surface area contributed by atoms with Crippen LogP contribution in [0.3, 0.4) is 0 Å². The molecule has 0 aromatic carbocycles. The van der Waals surface area contributed by atoms with Gasteiger partial charge in [0.15, 0.2) is 11.0 Å². The van der Waals surface area contributed by atoms with Crippen LogP contribution < -0.4 is 10.6 Å². The van der Waals surface area contributed by atoms with Crippen molar-refractivity contribution >= 4 is 23.1 Å². The zero-order chi connectivity index (χ0) is 14.5. The van der Waals surface area contributed by atoms with Gasteiger partial charge in [-0.25, -0.2) is 9.97 Å². The maximum absolute atomic E-state index is 6.06. The summed E-state index contributed by atoms with van der Waals surface area (Å²) < 4.78 is 5.39. The maximum Gasteiger partial charge on any atom is 0.157 e. The molecular weight excluding hydrogens is 278 g/mol. The first-order valence-corrected chi connectivity index (χ1v) is 7.28. The van der Waals surface area contributed by atoms with E-state index in [9.17, 15) is 0 Å². The quantitative estimate of drug-likeness (QED) is 0.807. The number of hydrogen-bond donors (Lipinski definition) is 2. The molecule has 2 unspecified atom stereocenters. The number of aromatic nitrogens is 2. The monoisotopic (exact) mass is 299 g/mol. The van der Waals surface area contributed by atoms with Gasteiger partial charge in [-0.2, -0.15) is 0 Å². The summed E-state index contributed by atoms with van der Waals surface area (Å²) in [7, 11) is 1.81. The van der Waals surface area contributed by atoms with Gasteiger partial charge in [0.2, 0.25) is 0 Å². The third-order valence-electron chi connectivity index (χ3n) is 3.76. The van der Waals surface area contributed by atoms with Gasteiger partial charge in [-0.3, -0.25) is 4.90 Å². The highest BCUT2D eigenvalue weighted by molar-refractivity contribution is 6.32. The van der Waals surface area contributed by atoms with Gasteiger partial charge in [-0.1, -0.05) is 11.6 Å². The molecule has 2 heterocycles. The van der Waals surface area contributed by atoms with Crippen molar-refractivity contribution in [3.8, 4) is 0 Å². The van der Waals surface area contributed by atoms with Crippen molar-refractivity contribution in [1.82, 2.24) is 14.9 Å². The molecule has 0 bridgehead atoms. The van der Waals surface area contributed by atoms with Crippen LogP contribution in [0.15, 0.2) is 6.33 Å². The fourth-order valence-electron chi connectivity index (χ4n) is 2.33. The number of rotatable bonds is 5. The van der Waals surface area contributed by atoms with Crippen molar-refractivity contribution in [3.05, 3.63) is 11.5 Å². The van der Waals surface area contributed by atoms with E-state index in [2.05, 4.69) is 39.3 Å². The van der Waals surface area contributed by atoms with Crippen LogP contribution in [0.25, 0.3) is 0 Å². The largest absolute Gasteiger partial charge is 0.383 e. The van der Waals surface area contributed by atoms with Crippen molar-refractivity contribution in [1.29, 1.82) is 0 Å². The average molecular weight is 300 g/mol.